The van der Waals surface area contributed by atoms with Gasteiger partial charge >= 0.3 is 11.9 Å². The fourth-order valence-electron chi connectivity index (χ4n) is 12.3. The maximum Gasteiger partial charge on any atom is 0.306 e. The van der Waals surface area contributed by atoms with Crippen LogP contribution in [0.5, 0.6) is 0 Å². The van der Waals surface area contributed by atoms with Gasteiger partial charge in [-0.2, -0.15) is 0 Å². The van der Waals surface area contributed by atoms with Gasteiger partial charge in [0.25, 0.3) is 0 Å². The summed E-state index contributed by atoms with van der Waals surface area (Å²) >= 11 is 0. The molecular weight excluding hydrogens is 1000 g/mol. The molecule has 0 aromatic heterocycles. The van der Waals surface area contributed by atoms with Crippen molar-refractivity contribution < 1.29 is 24.2 Å². The van der Waals surface area contributed by atoms with Crippen molar-refractivity contribution in [2.75, 3.05) is 13.2 Å². The number of carbonyl (C=O) groups is 2. The highest BCUT2D eigenvalue weighted by atomic mass is 16.6. The third kappa shape index (κ3) is 71.1. The Morgan fingerprint density at radius 1 is 0.268 bits per heavy atom. The molecule has 0 aliphatic rings. The molecule has 5 heteroatoms. The quantitative estimate of drug-likeness (QED) is 0.0373. The first-order chi connectivity index (χ1) is 40.6. The van der Waals surface area contributed by atoms with Crippen LogP contribution in [-0.2, 0) is 19.1 Å². The molecule has 0 bridgehead atoms. The zero-order valence-electron chi connectivity index (χ0n) is 56.3. The molecule has 0 rings (SSSR count). The summed E-state index contributed by atoms with van der Waals surface area (Å²) in [6, 6.07) is 0. The number of hydrogen-bond acceptors (Lipinski definition) is 5. The minimum atomic E-state index is -0.767. The van der Waals surface area contributed by atoms with Gasteiger partial charge in [-0.15, -0.1) is 0 Å². The molecule has 5 nitrogen and oxygen atoms in total. The number of hydrogen-bond donors (Lipinski definition) is 1. The number of allylic oxidation sites excluding steroid dienone is 2. The summed E-state index contributed by atoms with van der Waals surface area (Å²) in [6.45, 7) is 4.22. The summed E-state index contributed by atoms with van der Waals surface area (Å²) in [5.74, 6) is -0.558. The smallest absolute Gasteiger partial charge is 0.306 e. The van der Waals surface area contributed by atoms with E-state index in [4.69, 9.17) is 9.47 Å². The molecule has 0 fully saturated rings. The van der Waals surface area contributed by atoms with Gasteiger partial charge in [0.15, 0.2) is 6.10 Å². The van der Waals surface area contributed by atoms with Crippen molar-refractivity contribution >= 4 is 11.9 Å². The number of ether oxygens (including phenoxy) is 2. The van der Waals surface area contributed by atoms with Crippen LogP contribution >= 0.6 is 0 Å². The second-order valence-corrected chi connectivity index (χ2v) is 26.4. The molecule has 0 saturated carbocycles. The average molecular weight is 1160 g/mol. The standard InChI is InChI=1S/C77H150O5/c1-3-5-7-9-11-13-15-17-19-21-23-25-27-29-31-33-35-36-37-38-39-40-42-44-46-48-50-52-54-56-58-60-62-64-66-68-70-72-77(80)82-75(73-78)74-81-76(79)71-69-67-65-63-61-59-57-55-53-51-49-47-45-43-41-34-32-30-28-26-24-22-20-18-16-14-12-10-8-6-4-2/h21,23,75,78H,3-20,22,24-74H2,1-2H3/b23-21-. The van der Waals surface area contributed by atoms with Gasteiger partial charge in [0, 0.05) is 12.8 Å². The molecular formula is C77H150O5. The first-order valence-corrected chi connectivity index (χ1v) is 38.2. The second kappa shape index (κ2) is 73.9. The van der Waals surface area contributed by atoms with Crippen molar-refractivity contribution in [1.29, 1.82) is 0 Å². The van der Waals surface area contributed by atoms with Crippen LogP contribution < -0.4 is 0 Å². The molecule has 1 atom stereocenters. The highest BCUT2D eigenvalue weighted by Crippen LogP contribution is 2.20. The summed E-state index contributed by atoms with van der Waals surface area (Å²) in [5.41, 5.74) is 0. The van der Waals surface area contributed by atoms with Crippen LogP contribution in [0.4, 0.5) is 0 Å². The van der Waals surface area contributed by atoms with E-state index in [1.165, 1.54) is 392 Å². The van der Waals surface area contributed by atoms with Gasteiger partial charge in [0.2, 0.25) is 0 Å². The van der Waals surface area contributed by atoms with E-state index in [9.17, 15) is 14.7 Å². The fourth-order valence-corrected chi connectivity index (χ4v) is 12.3. The lowest BCUT2D eigenvalue weighted by Gasteiger charge is -2.15. The van der Waals surface area contributed by atoms with Gasteiger partial charge < -0.3 is 14.6 Å². The van der Waals surface area contributed by atoms with E-state index >= 15 is 0 Å². The van der Waals surface area contributed by atoms with Gasteiger partial charge in [-0.05, 0) is 38.5 Å². The average Bonchev–Trinajstić information content (AvgIpc) is 3.49. The Balaban J connectivity index is 3.34. The van der Waals surface area contributed by atoms with Crippen molar-refractivity contribution in [2.45, 2.75) is 457 Å². The van der Waals surface area contributed by atoms with Crippen LogP contribution in [-0.4, -0.2) is 36.4 Å². The number of rotatable bonds is 73. The van der Waals surface area contributed by atoms with E-state index in [-0.39, 0.29) is 25.2 Å². The Morgan fingerprint density at radius 3 is 0.659 bits per heavy atom. The molecule has 82 heavy (non-hydrogen) atoms. The summed E-state index contributed by atoms with van der Waals surface area (Å²) in [6.07, 6.45) is 95.8. The Kier molecular flexibility index (Phi) is 72.7. The second-order valence-electron chi connectivity index (χ2n) is 26.4. The van der Waals surface area contributed by atoms with Gasteiger partial charge in [-0.1, -0.05) is 411 Å². The first kappa shape index (κ1) is 80.6. The number of aliphatic hydroxyl groups excluding tert-OH is 1. The van der Waals surface area contributed by atoms with Crippen LogP contribution in [0.15, 0.2) is 12.2 Å². The predicted octanol–water partition coefficient (Wildman–Crippen LogP) is 26.6. The van der Waals surface area contributed by atoms with Crippen LogP contribution in [0.2, 0.25) is 0 Å². The molecule has 0 heterocycles. The monoisotopic (exact) mass is 1160 g/mol. The van der Waals surface area contributed by atoms with Crippen molar-refractivity contribution in [3.63, 3.8) is 0 Å². The molecule has 0 radical (unpaired) electrons. The largest absolute Gasteiger partial charge is 0.462 e. The molecule has 0 saturated heterocycles. The number of unbranched alkanes of at least 4 members (excludes halogenated alkanes) is 63. The SMILES string of the molecule is CCCCCCCCCC/C=C\CCCCCCCCCCCCCCCCCCCCCCCCCCCC(=O)OC(CO)COC(=O)CCCCCCCCCCCCCCCCCCCCCCCCCCCCCCCCC. The third-order valence-corrected chi connectivity index (χ3v) is 18.1. The van der Waals surface area contributed by atoms with Crippen LogP contribution in [0.3, 0.4) is 0 Å². The van der Waals surface area contributed by atoms with E-state index < -0.39 is 6.10 Å². The molecule has 0 amide bonds. The zero-order chi connectivity index (χ0) is 59.1. The third-order valence-electron chi connectivity index (χ3n) is 18.1. The Hall–Kier alpha value is -1.36. The first-order valence-electron chi connectivity index (χ1n) is 38.2. The Labute approximate surface area is 515 Å². The lowest BCUT2D eigenvalue weighted by Crippen LogP contribution is -2.28. The lowest BCUT2D eigenvalue weighted by molar-refractivity contribution is -0.161. The van der Waals surface area contributed by atoms with E-state index in [1.54, 1.807) is 0 Å². The summed E-state index contributed by atoms with van der Waals surface area (Å²) in [4.78, 5) is 24.7. The molecule has 488 valence electrons. The number of aliphatic hydroxyl groups is 1. The maximum atomic E-state index is 12.4. The number of esters is 2. The van der Waals surface area contributed by atoms with Crippen molar-refractivity contribution in [3.05, 3.63) is 12.2 Å². The van der Waals surface area contributed by atoms with Crippen LogP contribution in [0.1, 0.15) is 450 Å². The van der Waals surface area contributed by atoms with E-state index in [2.05, 4.69) is 26.0 Å². The zero-order valence-corrected chi connectivity index (χ0v) is 56.3. The molecule has 1 unspecified atom stereocenters. The van der Waals surface area contributed by atoms with Crippen molar-refractivity contribution in [3.8, 4) is 0 Å². The topological polar surface area (TPSA) is 72.8 Å². The maximum absolute atomic E-state index is 12.4. The normalized spacial score (nSPS) is 12.1. The van der Waals surface area contributed by atoms with E-state index in [0.717, 1.165) is 32.1 Å². The minimum Gasteiger partial charge on any atom is -0.462 e. The van der Waals surface area contributed by atoms with Gasteiger partial charge in [-0.25, -0.2) is 0 Å². The van der Waals surface area contributed by atoms with E-state index in [0.29, 0.717) is 12.8 Å². The van der Waals surface area contributed by atoms with Crippen molar-refractivity contribution in [1.82, 2.24) is 0 Å². The molecule has 0 spiro atoms. The summed E-state index contributed by atoms with van der Waals surface area (Å²) < 4.78 is 10.8. The minimum absolute atomic E-state index is 0.0561. The van der Waals surface area contributed by atoms with E-state index in [1.807, 2.05) is 0 Å². The summed E-state index contributed by atoms with van der Waals surface area (Å²) in [5, 5.41) is 9.72. The Morgan fingerprint density at radius 2 is 0.451 bits per heavy atom. The highest BCUT2D eigenvalue weighted by molar-refractivity contribution is 5.70. The molecule has 0 aliphatic carbocycles. The van der Waals surface area contributed by atoms with Gasteiger partial charge in [0.05, 0.1) is 6.61 Å². The van der Waals surface area contributed by atoms with Gasteiger partial charge in [-0.3, -0.25) is 9.59 Å². The molecule has 0 aliphatic heterocycles. The van der Waals surface area contributed by atoms with Crippen LogP contribution in [0, 0.1) is 0 Å². The molecule has 1 N–H and O–H groups in total. The molecule has 0 aromatic carbocycles. The highest BCUT2D eigenvalue weighted by Gasteiger charge is 2.16. The lowest BCUT2D eigenvalue weighted by atomic mass is 10.0. The molecule has 0 aromatic rings. The van der Waals surface area contributed by atoms with Crippen LogP contribution in [0.25, 0.3) is 0 Å². The van der Waals surface area contributed by atoms with Crippen molar-refractivity contribution in [2.24, 2.45) is 0 Å². The Bertz CT molecular complexity index is 1220. The van der Waals surface area contributed by atoms with Gasteiger partial charge in [0.1, 0.15) is 6.61 Å². The predicted molar refractivity (Wildman–Crippen MR) is 362 cm³/mol. The fraction of sp³-hybridized carbons (Fsp3) is 0.948. The number of carbonyl (C=O) groups excluding carboxylic acids is 2. The summed E-state index contributed by atoms with van der Waals surface area (Å²) in [7, 11) is 0.